The Morgan fingerprint density at radius 3 is 2.45 bits per heavy atom. The number of carbonyl (C=O) groups excluding carboxylic acids is 1. The molecule has 2 unspecified atom stereocenters. The van der Waals surface area contributed by atoms with E-state index < -0.39 is 24.6 Å². The molecule has 0 saturated heterocycles. The van der Waals surface area contributed by atoms with Gasteiger partial charge in [0.2, 0.25) is 0 Å². The van der Waals surface area contributed by atoms with Crippen molar-refractivity contribution in [1.29, 1.82) is 0 Å². The maximum Gasteiger partial charge on any atom is 0.190 e. The highest BCUT2D eigenvalue weighted by molar-refractivity contribution is 9.06. The molecule has 2 atom stereocenters. The number of halogens is 1. The number of rotatable bonds is 5. The van der Waals surface area contributed by atoms with Crippen molar-refractivity contribution in [1.82, 2.24) is 0 Å². The van der Waals surface area contributed by atoms with Crippen LogP contribution in [-0.4, -0.2) is 46.5 Å². The minimum Gasteiger partial charge on any atom is -0.394 e. The summed E-state index contributed by atoms with van der Waals surface area (Å²) in [4.78, 5) is 10.7. The largest absolute Gasteiger partial charge is 0.394 e. The maximum absolute atomic E-state index is 10.7. The van der Waals surface area contributed by atoms with E-state index in [1.54, 1.807) is 0 Å². The first kappa shape index (κ1) is 11.0. The molecule has 0 aromatic carbocycles. The first-order valence-electron chi connectivity index (χ1n) is 2.86. The summed E-state index contributed by atoms with van der Waals surface area (Å²) < 4.78 is 4.23. The lowest BCUT2D eigenvalue weighted by Gasteiger charge is -2.12. The molecule has 0 aliphatic carbocycles. The molecule has 0 aromatic heterocycles. The van der Waals surface area contributed by atoms with Crippen molar-refractivity contribution in [2.24, 2.45) is 0 Å². The minimum absolute atomic E-state index is 0.349. The summed E-state index contributed by atoms with van der Waals surface area (Å²) in [6.45, 7) is -1.01. The van der Waals surface area contributed by atoms with Gasteiger partial charge < -0.3 is 15.3 Å². The fourth-order valence-electron chi connectivity index (χ4n) is 0.454. The van der Waals surface area contributed by atoms with Crippen LogP contribution in [0.3, 0.4) is 0 Å². The van der Waals surface area contributed by atoms with Crippen LogP contribution in [0.1, 0.15) is 0 Å². The highest BCUT2D eigenvalue weighted by Crippen LogP contribution is 1.96. The Morgan fingerprint density at radius 1 is 1.55 bits per heavy atom. The first-order valence-corrected chi connectivity index (χ1v) is 3.51. The molecule has 0 fully saturated rings. The molecule has 0 rings (SSSR count). The van der Waals surface area contributed by atoms with E-state index in [2.05, 4.69) is 20.1 Å². The molecule has 66 valence electrons. The Morgan fingerprint density at radius 2 is 2.09 bits per heavy atom. The molecule has 0 bridgehead atoms. The molecule has 0 heterocycles. The van der Waals surface area contributed by atoms with Crippen LogP contribution in [0, 0.1) is 0 Å². The van der Waals surface area contributed by atoms with Crippen molar-refractivity contribution in [3.05, 3.63) is 0 Å². The number of aliphatic hydroxyl groups is 3. The Bertz CT molecular complexity index is 128. The number of hydrogen-bond donors (Lipinski definition) is 3. The van der Waals surface area contributed by atoms with Gasteiger partial charge in [0.25, 0.3) is 0 Å². The lowest BCUT2D eigenvalue weighted by Crippen LogP contribution is -2.38. The second-order valence-electron chi connectivity index (χ2n) is 1.91. The molecule has 0 aromatic rings. The quantitative estimate of drug-likeness (QED) is 0.539. The molecule has 0 amide bonds. The fourth-order valence-corrected chi connectivity index (χ4v) is 0.679. The highest BCUT2D eigenvalue weighted by atomic mass is 79.9. The highest BCUT2D eigenvalue weighted by Gasteiger charge is 2.22. The van der Waals surface area contributed by atoms with Crippen molar-refractivity contribution in [2.75, 3.05) is 13.2 Å². The van der Waals surface area contributed by atoms with E-state index in [0.29, 0.717) is 0 Å². The van der Waals surface area contributed by atoms with Gasteiger partial charge in [0.1, 0.15) is 18.8 Å². The Kier molecular flexibility index (Phi) is 5.61. The van der Waals surface area contributed by atoms with E-state index in [1.165, 1.54) is 0 Å². The second kappa shape index (κ2) is 5.62. The Balaban J connectivity index is 3.80. The molecule has 11 heavy (non-hydrogen) atoms. The summed E-state index contributed by atoms with van der Waals surface area (Å²) >= 11 is 2.51. The topological polar surface area (TPSA) is 87.0 Å². The third-order valence-corrected chi connectivity index (χ3v) is 1.31. The average molecular weight is 229 g/mol. The lowest BCUT2D eigenvalue weighted by atomic mass is 10.1. The first-order chi connectivity index (χ1) is 5.13. The van der Waals surface area contributed by atoms with Crippen molar-refractivity contribution in [3.63, 3.8) is 0 Å². The number of ketones is 1. The van der Waals surface area contributed by atoms with Gasteiger partial charge in [-0.25, -0.2) is 0 Å². The van der Waals surface area contributed by atoms with Crippen molar-refractivity contribution in [3.8, 4) is 0 Å². The van der Waals surface area contributed by atoms with Crippen LogP contribution in [0.15, 0.2) is 0 Å². The van der Waals surface area contributed by atoms with Crippen LogP contribution < -0.4 is 0 Å². The predicted octanol–water partition coefficient (Wildman–Crippen LogP) is -1.40. The maximum atomic E-state index is 10.7. The number of carbonyl (C=O) groups is 1. The molecule has 5 nitrogen and oxygen atoms in total. The molecular weight excluding hydrogens is 220 g/mol. The molecule has 3 N–H and O–H groups in total. The lowest BCUT2D eigenvalue weighted by molar-refractivity contribution is -0.136. The van der Waals surface area contributed by atoms with E-state index in [0.717, 1.165) is 0 Å². The van der Waals surface area contributed by atoms with Crippen LogP contribution in [-0.2, 0) is 8.62 Å². The number of Topliss-reactive ketones (excluding diaryl/α,β-unsaturated/α-hetero) is 1. The Hall–Kier alpha value is -0.0100. The molecular formula is C5H9BrO5. The van der Waals surface area contributed by atoms with E-state index >= 15 is 0 Å². The van der Waals surface area contributed by atoms with Gasteiger partial charge in [-0.3, -0.25) is 8.62 Å². The SMILES string of the molecule is O=C(COBr)C(O)C(O)CO. The van der Waals surface area contributed by atoms with E-state index in [9.17, 15) is 4.79 Å². The zero-order valence-corrected chi connectivity index (χ0v) is 7.19. The Labute approximate surface area is 72.0 Å². The van der Waals surface area contributed by atoms with E-state index in [1.807, 2.05) is 0 Å². The summed E-state index contributed by atoms with van der Waals surface area (Å²) in [6.07, 6.45) is -3.03. The van der Waals surface area contributed by atoms with Crippen molar-refractivity contribution in [2.45, 2.75) is 12.2 Å². The fraction of sp³-hybridized carbons (Fsp3) is 0.800. The normalized spacial score (nSPS) is 16.0. The standard InChI is InChI=1S/C5H9BrO5/c6-11-2-4(9)5(10)3(8)1-7/h3,5,7-8,10H,1-2H2. The average Bonchev–Trinajstić information content (AvgIpc) is 2.02. The van der Waals surface area contributed by atoms with Gasteiger partial charge in [-0.05, 0) is 0 Å². The molecule has 0 aliphatic rings. The van der Waals surface area contributed by atoms with Crippen molar-refractivity contribution >= 4 is 22.0 Å². The van der Waals surface area contributed by atoms with Gasteiger partial charge >= 0.3 is 0 Å². The number of hydrogen-bond acceptors (Lipinski definition) is 5. The van der Waals surface area contributed by atoms with Crippen LogP contribution in [0.5, 0.6) is 0 Å². The zero-order valence-electron chi connectivity index (χ0n) is 5.61. The number of aliphatic hydroxyl groups excluding tert-OH is 3. The smallest absolute Gasteiger partial charge is 0.190 e. The van der Waals surface area contributed by atoms with Crippen LogP contribution >= 0.6 is 16.3 Å². The second-order valence-corrected chi connectivity index (χ2v) is 2.37. The summed E-state index contributed by atoms with van der Waals surface area (Å²) in [5.74, 6) is -0.691. The molecule has 0 aliphatic heterocycles. The summed E-state index contributed by atoms with van der Waals surface area (Å²) in [5.41, 5.74) is 0. The molecule has 0 spiro atoms. The molecule has 0 radical (unpaired) electrons. The third-order valence-electron chi connectivity index (χ3n) is 1.08. The third kappa shape index (κ3) is 3.78. The molecule has 0 saturated carbocycles. The van der Waals surface area contributed by atoms with Gasteiger partial charge in [-0.15, -0.1) is 0 Å². The van der Waals surface area contributed by atoms with Gasteiger partial charge in [0, 0.05) is 0 Å². The van der Waals surface area contributed by atoms with Gasteiger partial charge in [0.15, 0.2) is 5.78 Å². The predicted molar refractivity (Wildman–Crippen MR) is 39.0 cm³/mol. The van der Waals surface area contributed by atoms with Crippen molar-refractivity contribution < 1.29 is 23.9 Å². The van der Waals surface area contributed by atoms with Crippen LogP contribution in [0.25, 0.3) is 0 Å². The van der Waals surface area contributed by atoms with Crippen LogP contribution in [0.2, 0.25) is 0 Å². The minimum atomic E-state index is -1.59. The van der Waals surface area contributed by atoms with Gasteiger partial charge in [-0.2, -0.15) is 0 Å². The zero-order chi connectivity index (χ0) is 8.85. The van der Waals surface area contributed by atoms with Gasteiger partial charge in [0.05, 0.1) is 22.9 Å². The summed E-state index contributed by atoms with van der Waals surface area (Å²) in [6, 6.07) is 0. The monoisotopic (exact) mass is 228 g/mol. The van der Waals surface area contributed by atoms with E-state index in [4.69, 9.17) is 15.3 Å². The van der Waals surface area contributed by atoms with Crippen LogP contribution in [0.4, 0.5) is 0 Å². The van der Waals surface area contributed by atoms with Gasteiger partial charge in [-0.1, -0.05) is 0 Å². The molecule has 6 heteroatoms. The van der Waals surface area contributed by atoms with E-state index in [-0.39, 0.29) is 6.61 Å². The summed E-state index contributed by atoms with van der Waals surface area (Å²) in [7, 11) is 0. The summed E-state index contributed by atoms with van der Waals surface area (Å²) in [5, 5.41) is 25.9.